The summed E-state index contributed by atoms with van der Waals surface area (Å²) in [4.78, 5) is 12.3. The lowest BCUT2D eigenvalue weighted by Crippen LogP contribution is -2.41. The van der Waals surface area contributed by atoms with Crippen LogP contribution in [0.1, 0.15) is 24.8 Å². The second-order valence-corrected chi connectivity index (χ2v) is 10.1. The van der Waals surface area contributed by atoms with Gasteiger partial charge in [0.15, 0.2) is 0 Å². The van der Waals surface area contributed by atoms with Crippen molar-refractivity contribution >= 4 is 26.8 Å². The number of piperidine rings is 1. The maximum absolute atomic E-state index is 13.3. The summed E-state index contributed by atoms with van der Waals surface area (Å²) < 4.78 is 28.2. The Bertz CT molecular complexity index is 1150. The van der Waals surface area contributed by atoms with Crippen LogP contribution in [0.25, 0.3) is 10.8 Å². The molecule has 1 heterocycles. The number of carboxylic acid groups (broad SMARTS) is 1. The highest BCUT2D eigenvalue weighted by molar-refractivity contribution is 7.89. The molecule has 0 saturated carbocycles. The summed E-state index contributed by atoms with van der Waals surface area (Å²) in [6, 6.07) is 22.7. The highest BCUT2D eigenvalue weighted by Gasteiger charge is 2.35. The molecule has 5 nitrogen and oxygen atoms in total. The van der Waals surface area contributed by atoms with Crippen molar-refractivity contribution in [1.82, 2.24) is 4.31 Å². The molecule has 1 N–H and O–H groups in total. The summed E-state index contributed by atoms with van der Waals surface area (Å²) in [6.45, 7) is 0.705. The topological polar surface area (TPSA) is 74.7 Å². The second kappa shape index (κ2) is 9.20. The van der Waals surface area contributed by atoms with Crippen LogP contribution in [-0.2, 0) is 21.2 Å². The van der Waals surface area contributed by atoms with Crippen molar-refractivity contribution < 1.29 is 18.3 Å². The van der Waals surface area contributed by atoms with Crippen molar-refractivity contribution in [2.75, 3.05) is 13.1 Å². The van der Waals surface area contributed by atoms with Crippen LogP contribution in [0.2, 0.25) is 0 Å². The largest absolute Gasteiger partial charge is 0.481 e. The Morgan fingerprint density at radius 1 is 0.935 bits per heavy atom. The van der Waals surface area contributed by atoms with Gasteiger partial charge in [0, 0.05) is 18.5 Å². The predicted octanol–water partition coefficient (Wildman–Crippen LogP) is 4.57. The van der Waals surface area contributed by atoms with Crippen molar-refractivity contribution in [2.45, 2.75) is 30.6 Å². The number of aryl methyl sites for hydroxylation is 1. The first-order valence-corrected chi connectivity index (χ1v) is 12.2. The van der Waals surface area contributed by atoms with Crippen molar-refractivity contribution in [3.63, 3.8) is 0 Å². The van der Waals surface area contributed by atoms with Gasteiger partial charge in [-0.2, -0.15) is 4.31 Å². The van der Waals surface area contributed by atoms with E-state index in [9.17, 15) is 18.3 Å². The van der Waals surface area contributed by atoms with Gasteiger partial charge in [-0.3, -0.25) is 4.79 Å². The zero-order valence-electron chi connectivity index (χ0n) is 17.4. The fourth-order valence-corrected chi connectivity index (χ4v) is 6.29. The molecule has 3 aromatic carbocycles. The molecule has 1 fully saturated rings. The summed E-state index contributed by atoms with van der Waals surface area (Å²) >= 11 is 0. The number of hydrogen-bond donors (Lipinski definition) is 1. The number of nitrogens with zero attached hydrogens (tertiary/aromatic N) is 1. The fourth-order valence-electron chi connectivity index (χ4n) is 4.61. The van der Waals surface area contributed by atoms with Gasteiger partial charge in [0.2, 0.25) is 10.0 Å². The molecular weight excluding hydrogens is 410 g/mol. The van der Waals surface area contributed by atoms with Crippen molar-refractivity contribution in [2.24, 2.45) is 11.8 Å². The van der Waals surface area contributed by atoms with Crippen LogP contribution in [0.15, 0.2) is 77.7 Å². The zero-order chi connectivity index (χ0) is 21.8. The molecule has 0 aromatic heterocycles. The number of fused-ring (bicyclic) bond motifs is 1. The molecule has 0 radical (unpaired) electrons. The van der Waals surface area contributed by atoms with Gasteiger partial charge in [-0.15, -0.1) is 0 Å². The van der Waals surface area contributed by atoms with Gasteiger partial charge in [-0.05, 0) is 48.6 Å². The Morgan fingerprint density at radius 2 is 1.58 bits per heavy atom. The molecular formula is C25H27NO4S. The molecule has 1 aliphatic heterocycles. The highest BCUT2D eigenvalue weighted by Crippen LogP contribution is 2.33. The molecule has 0 aliphatic carbocycles. The summed E-state index contributed by atoms with van der Waals surface area (Å²) in [6.07, 6.45) is 2.41. The van der Waals surface area contributed by atoms with Gasteiger partial charge >= 0.3 is 5.97 Å². The van der Waals surface area contributed by atoms with Gasteiger partial charge < -0.3 is 5.11 Å². The number of carbonyl (C=O) groups is 1. The van der Waals surface area contributed by atoms with Crippen LogP contribution < -0.4 is 0 Å². The zero-order valence-corrected chi connectivity index (χ0v) is 18.2. The van der Waals surface area contributed by atoms with E-state index in [-0.39, 0.29) is 5.92 Å². The van der Waals surface area contributed by atoms with E-state index in [1.807, 2.05) is 60.7 Å². The van der Waals surface area contributed by atoms with E-state index >= 15 is 0 Å². The molecule has 31 heavy (non-hydrogen) atoms. The number of hydrogen-bond acceptors (Lipinski definition) is 3. The average molecular weight is 438 g/mol. The standard InChI is InChI=1S/C25H27NO4S/c27-25(28)23(14-13-19-7-2-1-3-8-19)21-15-17-26(18-16-21)31(29,30)24-12-6-10-20-9-4-5-11-22(20)24/h1-12,21,23H,13-18H2,(H,27,28). The van der Waals surface area contributed by atoms with E-state index in [0.29, 0.717) is 43.7 Å². The second-order valence-electron chi connectivity index (χ2n) is 8.19. The first-order chi connectivity index (χ1) is 15.0. The summed E-state index contributed by atoms with van der Waals surface area (Å²) in [5.74, 6) is -1.26. The lowest BCUT2D eigenvalue weighted by molar-refractivity contribution is -0.144. The van der Waals surface area contributed by atoms with E-state index in [0.717, 1.165) is 16.3 Å². The van der Waals surface area contributed by atoms with E-state index in [4.69, 9.17) is 0 Å². The predicted molar refractivity (Wildman–Crippen MR) is 121 cm³/mol. The molecule has 162 valence electrons. The number of aliphatic carboxylic acids is 1. The molecule has 0 amide bonds. The third kappa shape index (κ3) is 4.65. The van der Waals surface area contributed by atoms with Crippen LogP contribution in [-0.4, -0.2) is 36.9 Å². The molecule has 3 aromatic rings. The van der Waals surface area contributed by atoms with Crippen LogP contribution in [0, 0.1) is 11.8 Å². The van der Waals surface area contributed by atoms with Gasteiger partial charge in [-0.1, -0.05) is 66.7 Å². The normalized spacial score (nSPS) is 16.9. The summed E-state index contributed by atoms with van der Waals surface area (Å²) in [7, 11) is -3.63. The minimum absolute atomic E-state index is 0.0137. The number of sulfonamides is 1. The van der Waals surface area contributed by atoms with Gasteiger partial charge in [0.1, 0.15) is 0 Å². The maximum atomic E-state index is 13.3. The van der Waals surface area contributed by atoms with Crippen LogP contribution in [0.4, 0.5) is 0 Å². The number of rotatable bonds is 7. The first kappa shape index (κ1) is 21.5. The lowest BCUT2D eigenvalue weighted by atomic mass is 9.81. The molecule has 4 rings (SSSR count). The maximum Gasteiger partial charge on any atom is 0.306 e. The number of carboxylic acids is 1. The Labute approximate surface area is 183 Å². The fraction of sp³-hybridized carbons (Fsp3) is 0.320. The molecule has 6 heteroatoms. The third-order valence-electron chi connectivity index (χ3n) is 6.34. The van der Waals surface area contributed by atoms with Crippen molar-refractivity contribution in [1.29, 1.82) is 0 Å². The van der Waals surface area contributed by atoms with Crippen LogP contribution in [0.3, 0.4) is 0 Å². The van der Waals surface area contributed by atoms with E-state index < -0.39 is 21.9 Å². The summed E-state index contributed by atoms with van der Waals surface area (Å²) in [5, 5.41) is 11.4. The average Bonchev–Trinajstić information content (AvgIpc) is 2.79. The van der Waals surface area contributed by atoms with E-state index in [2.05, 4.69) is 0 Å². The van der Waals surface area contributed by atoms with Crippen molar-refractivity contribution in [3.8, 4) is 0 Å². The van der Waals surface area contributed by atoms with Crippen LogP contribution in [0.5, 0.6) is 0 Å². The minimum atomic E-state index is -3.63. The van der Waals surface area contributed by atoms with Gasteiger partial charge in [-0.25, -0.2) is 8.42 Å². The SMILES string of the molecule is O=C(O)C(CCc1ccccc1)C1CCN(S(=O)(=O)c2cccc3ccccc23)CC1. The molecule has 1 saturated heterocycles. The van der Waals surface area contributed by atoms with E-state index in [1.165, 1.54) is 4.31 Å². The number of benzene rings is 3. The van der Waals surface area contributed by atoms with Crippen molar-refractivity contribution in [3.05, 3.63) is 78.4 Å². The molecule has 0 bridgehead atoms. The van der Waals surface area contributed by atoms with E-state index in [1.54, 1.807) is 12.1 Å². The van der Waals surface area contributed by atoms with Gasteiger partial charge in [0.05, 0.1) is 10.8 Å². The Hall–Kier alpha value is -2.70. The van der Waals surface area contributed by atoms with Crippen LogP contribution >= 0.6 is 0 Å². The molecule has 0 spiro atoms. The summed E-state index contributed by atoms with van der Waals surface area (Å²) in [5.41, 5.74) is 1.13. The Kier molecular flexibility index (Phi) is 6.39. The molecule has 1 unspecified atom stereocenters. The minimum Gasteiger partial charge on any atom is -0.481 e. The highest BCUT2D eigenvalue weighted by atomic mass is 32.2. The first-order valence-electron chi connectivity index (χ1n) is 10.7. The monoisotopic (exact) mass is 437 g/mol. The quantitative estimate of drug-likeness (QED) is 0.587. The Balaban J connectivity index is 1.46. The van der Waals surface area contributed by atoms with Gasteiger partial charge in [0.25, 0.3) is 0 Å². The smallest absolute Gasteiger partial charge is 0.306 e. The Morgan fingerprint density at radius 3 is 2.29 bits per heavy atom. The third-order valence-corrected chi connectivity index (χ3v) is 8.30. The lowest BCUT2D eigenvalue weighted by Gasteiger charge is -2.34. The molecule has 1 atom stereocenters. The molecule has 1 aliphatic rings.